The van der Waals surface area contributed by atoms with Gasteiger partial charge in [0, 0.05) is 18.7 Å². The minimum Gasteiger partial charge on any atom is -0.379 e. The smallest absolute Gasteiger partial charge is 0.0701 e. The summed E-state index contributed by atoms with van der Waals surface area (Å²) in [6, 6.07) is 0. The van der Waals surface area contributed by atoms with Gasteiger partial charge in [0.1, 0.15) is 0 Å². The van der Waals surface area contributed by atoms with Crippen LogP contribution in [0, 0.1) is 5.41 Å². The normalized spacial score (nSPS) is 13.0. The van der Waals surface area contributed by atoms with Gasteiger partial charge in [0.15, 0.2) is 0 Å². The van der Waals surface area contributed by atoms with E-state index in [1.807, 2.05) is 0 Å². The van der Waals surface area contributed by atoms with Crippen LogP contribution < -0.4 is 5.32 Å². The van der Waals surface area contributed by atoms with Gasteiger partial charge < -0.3 is 14.8 Å². The van der Waals surface area contributed by atoms with Crippen LogP contribution in [-0.4, -0.2) is 38.5 Å². The molecule has 0 spiro atoms. The van der Waals surface area contributed by atoms with Crippen LogP contribution in [0.1, 0.15) is 54.4 Å². The Balaban J connectivity index is 3.13. The SMILES string of the molecule is CC(C)(C)CCCOCCOCCNC(C)(C)C. The number of ether oxygens (including phenoxy) is 2. The van der Waals surface area contributed by atoms with Crippen LogP contribution in [0.5, 0.6) is 0 Å². The van der Waals surface area contributed by atoms with E-state index in [1.165, 1.54) is 6.42 Å². The lowest BCUT2D eigenvalue weighted by molar-refractivity contribution is 0.0440. The summed E-state index contributed by atoms with van der Waals surface area (Å²) < 4.78 is 11.0. The Morgan fingerprint density at radius 2 is 1.33 bits per heavy atom. The molecule has 0 atom stereocenters. The summed E-state index contributed by atoms with van der Waals surface area (Å²) in [5.74, 6) is 0. The molecule has 0 bridgehead atoms. The average Bonchev–Trinajstić information content (AvgIpc) is 2.17. The van der Waals surface area contributed by atoms with E-state index in [0.29, 0.717) is 18.6 Å². The van der Waals surface area contributed by atoms with Gasteiger partial charge in [0.05, 0.1) is 19.8 Å². The lowest BCUT2D eigenvalue weighted by atomic mass is 9.91. The van der Waals surface area contributed by atoms with Crippen molar-refractivity contribution < 1.29 is 9.47 Å². The third kappa shape index (κ3) is 15.9. The molecule has 0 amide bonds. The van der Waals surface area contributed by atoms with Crippen molar-refractivity contribution in [3.8, 4) is 0 Å². The van der Waals surface area contributed by atoms with Crippen molar-refractivity contribution in [1.82, 2.24) is 5.32 Å². The molecule has 0 aromatic carbocycles. The van der Waals surface area contributed by atoms with E-state index in [-0.39, 0.29) is 5.54 Å². The van der Waals surface area contributed by atoms with Crippen molar-refractivity contribution in [2.75, 3.05) is 33.0 Å². The van der Waals surface area contributed by atoms with Crippen LogP contribution >= 0.6 is 0 Å². The summed E-state index contributed by atoms with van der Waals surface area (Å²) in [6.45, 7) is 17.2. The molecule has 110 valence electrons. The first-order valence-electron chi connectivity index (χ1n) is 7.11. The predicted octanol–water partition coefficient (Wildman–Crippen LogP) is 3.23. The zero-order valence-corrected chi connectivity index (χ0v) is 13.3. The first kappa shape index (κ1) is 17.9. The topological polar surface area (TPSA) is 30.5 Å². The fourth-order valence-corrected chi connectivity index (χ4v) is 1.52. The molecule has 0 heterocycles. The third-order valence-electron chi connectivity index (χ3n) is 2.49. The fourth-order valence-electron chi connectivity index (χ4n) is 1.52. The molecular weight excluding hydrogens is 226 g/mol. The van der Waals surface area contributed by atoms with Gasteiger partial charge in [-0.25, -0.2) is 0 Å². The Morgan fingerprint density at radius 1 is 0.778 bits per heavy atom. The molecule has 3 heteroatoms. The highest BCUT2D eigenvalue weighted by Gasteiger charge is 2.09. The molecule has 0 saturated heterocycles. The van der Waals surface area contributed by atoms with E-state index < -0.39 is 0 Å². The van der Waals surface area contributed by atoms with E-state index in [9.17, 15) is 0 Å². The van der Waals surface area contributed by atoms with Gasteiger partial charge >= 0.3 is 0 Å². The standard InChI is InChI=1S/C15H33NO2/c1-14(2,3)8-7-10-17-12-13-18-11-9-16-15(4,5)6/h16H,7-13H2,1-6H3. The van der Waals surface area contributed by atoms with Crippen molar-refractivity contribution in [1.29, 1.82) is 0 Å². The van der Waals surface area contributed by atoms with E-state index in [4.69, 9.17) is 9.47 Å². The fraction of sp³-hybridized carbons (Fsp3) is 1.00. The molecule has 0 fully saturated rings. The lowest BCUT2D eigenvalue weighted by Crippen LogP contribution is -2.38. The molecule has 0 unspecified atom stereocenters. The lowest BCUT2D eigenvalue weighted by Gasteiger charge is -2.20. The third-order valence-corrected chi connectivity index (χ3v) is 2.49. The highest BCUT2D eigenvalue weighted by Crippen LogP contribution is 2.20. The maximum Gasteiger partial charge on any atom is 0.0701 e. The van der Waals surface area contributed by atoms with Crippen LogP contribution in [0.3, 0.4) is 0 Å². The molecule has 3 nitrogen and oxygen atoms in total. The summed E-state index contributed by atoms with van der Waals surface area (Å²) in [7, 11) is 0. The van der Waals surface area contributed by atoms with Gasteiger partial charge in [-0.3, -0.25) is 0 Å². The van der Waals surface area contributed by atoms with Crippen LogP contribution in [0.2, 0.25) is 0 Å². The highest BCUT2D eigenvalue weighted by molar-refractivity contribution is 4.69. The molecule has 0 rings (SSSR count). The zero-order valence-electron chi connectivity index (χ0n) is 13.3. The molecule has 0 radical (unpaired) electrons. The largest absolute Gasteiger partial charge is 0.379 e. The number of nitrogens with one attached hydrogen (secondary N) is 1. The molecule has 0 aromatic rings. The van der Waals surface area contributed by atoms with Crippen LogP contribution in [0.25, 0.3) is 0 Å². The molecule has 0 saturated carbocycles. The molecular formula is C15H33NO2. The maximum absolute atomic E-state index is 5.53. The molecule has 0 aliphatic rings. The van der Waals surface area contributed by atoms with E-state index in [0.717, 1.165) is 26.2 Å². The van der Waals surface area contributed by atoms with Crippen LogP contribution in [0.4, 0.5) is 0 Å². The van der Waals surface area contributed by atoms with Gasteiger partial charge in [0.25, 0.3) is 0 Å². The molecule has 0 aliphatic heterocycles. The summed E-state index contributed by atoms with van der Waals surface area (Å²) in [6.07, 6.45) is 2.35. The quantitative estimate of drug-likeness (QED) is 0.645. The molecule has 0 aromatic heterocycles. The average molecular weight is 259 g/mol. The Bertz CT molecular complexity index is 170. The second kappa shape index (κ2) is 8.89. The van der Waals surface area contributed by atoms with Gasteiger partial charge in [-0.15, -0.1) is 0 Å². The maximum atomic E-state index is 5.53. The van der Waals surface area contributed by atoms with Crippen LogP contribution in [-0.2, 0) is 9.47 Å². The minimum atomic E-state index is 0.173. The highest BCUT2D eigenvalue weighted by atomic mass is 16.5. The molecule has 18 heavy (non-hydrogen) atoms. The van der Waals surface area contributed by atoms with Crippen molar-refractivity contribution in [2.45, 2.75) is 59.9 Å². The van der Waals surface area contributed by atoms with E-state index in [2.05, 4.69) is 46.9 Å². The van der Waals surface area contributed by atoms with Gasteiger partial charge in [0.2, 0.25) is 0 Å². The summed E-state index contributed by atoms with van der Waals surface area (Å²) in [4.78, 5) is 0. The minimum absolute atomic E-state index is 0.173. The first-order chi connectivity index (χ1) is 8.21. The summed E-state index contributed by atoms with van der Waals surface area (Å²) in [5.41, 5.74) is 0.589. The Kier molecular flexibility index (Phi) is 8.83. The number of hydrogen-bond donors (Lipinski definition) is 1. The number of rotatable bonds is 9. The van der Waals surface area contributed by atoms with Crippen molar-refractivity contribution >= 4 is 0 Å². The summed E-state index contributed by atoms with van der Waals surface area (Å²) in [5, 5.41) is 3.38. The van der Waals surface area contributed by atoms with Gasteiger partial charge in [-0.1, -0.05) is 20.8 Å². The van der Waals surface area contributed by atoms with Crippen molar-refractivity contribution in [2.24, 2.45) is 5.41 Å². The second-order valence-corrected chi connectivity index (χ2v) is 7.07. The predicted molar refractivity (Wildman–Crippen MR) is 78.1 cm³/mol. The number of hydrogen-bond acceptors (Lipinski definition) is 3. The molecule has 1 N–H and O–H groups in total. The van der Waals surface area contributed by atoms with Crippen molar-refractivity contribution in [3.63, 3.8) is 0 Å². The molecule has 0 aliphatic carbocycles. The Labute approximate surface area is 114 Å². The van der Waals surface area contributed by atoms with Crippen LogP contribution in [0.15, 0.2) is 0 Å². The van der Waals surface area contributed by atoms with Gasteiger partial charge in [-0.2, -0.15) is 0 Å². The zero-order chi connectivity index (χ0) is 14.1. The van der Waals surface area contributed by atoms with Crippen molar-refractivity contribution in [3.05, 3.63) is 0 Å². The van der Waals surface area contributed by atoms with E-state index >= 15 is 0 Å². The monoisotopic (exact) mass is 259 g/mol. The van der Waals surface area contributed by atoms with E-state index in [1.54, 1.807) is 0 Å². The Morgan fingerprint density at radius 3 is 1.83 bits per heavy atom. The second-order valence-electron chi connectivity index (χ2n) is 7.07. The first-order valence-corrected chi connectivity index (χ1v) is 7.11. The Hall–Kier alpha value is -0.120. The summed E-state index contributed by atoms with van der Waals surface area (Å²) >= 11 is 0. The van der Waals surface area contributed by atoms with Gasteiger partial charge in [-0.05, 0) is 39.0 Å².